The van der Waals surface area contributed by atoms with Gasteiger partial charge >= 0.3 is 0 Å². The van der Waals surface area contributed by atoms with Crippen LogP contribution in [0.25, 0.3) is 0 Å². The second-order valence-corrected chi connectivity index (χ2v) is 12.1. The zero-order valence-corrected chi connectivity index (χ0v) is 23.2. The molecule has 9 nitrogen and oxygen atoms in total. The molecule has 3 aliphatic heterocycles. The van der Waals surface area contributed by atoms with Crippen molar-refractivity contribution in [2.45, 2.75) is 69.8 Å². The van der Waals surface area contributed by atoms with Gasteiger partial charge in [-0.15, -0.1) is 0 Å². The van der Waals surface area contributed by atoms with Crippen LogP contribution >= 0.6 is 0 Å². The summed E-state index contributed by atoms with van der Waals surface area (Å²) in [7, 11) is 1.85. The summed E-state index contributed by atoms with van der Waals surface area (Å²) in [5.41, 5.74) is 0. The number of hydrogen-bond acceptors (Lipinski definition) is 8. The molecule has 5 rings (SSSR count). The molecule has 0 aromatic carbocycles. The van der Waals surface area contributed by atoms with E-state index in [0.717, 1.165) is 104 Å². The van der Waals surface area contributed by atoms with Gasteiger partial charge in [0.1, 0.15) is 6.29 Å². The van der Waals surface area contributed by atoms with Crippen LogP contribution in [0.3, 0.4) is 0 Å². The van der Waals surface area contributed by atoms with Crippen molar-refractivity contribution < 1.29 is 14.3 Å². The standard InChI is InChI=1S/C28H52N6O3/c1-36-26-7-5-22(6-8-26)24-20-29-28(30-21-24)31-25-4-2-3-23(19-25)27(35)34-13-11-32(12-14-34)9-10-33-15-17-37-18-16-33/h22-26,28-31H,2-21H2,1H3. The highest BCUT2D eigenvalue weighted by Crippen LogP contribution is 2.32. The fourth-order valence-corrected chi connectivity index (χ4v) is 7.29. The van der Waals surface area contributed by atoms with Gasteiger partial charge in [0.2, 0.25) is 5.91 Å². The Bertz CT molecular complexity index is 683. The van der Waals surface area contributed by atoms with Crippen molar-refractivity contribution in [1.29, 1.82) is 0 Å². The molecule has 0 bridgehead atoms. The van der Waals surface area contributed by atoms with Crippen molar-refractivity contribution in [3.05, 3.63) is 0 Å². The van der Waals surface area contributed by atoms with E-state index in [9.17, 15) is 4.79 Å². The van der Waals surface area contributed by atoms with Gasteiger partial charge in [-0.3, -0.25) is 30.5 Å². The highest BCUT2D eigenvalue weighted by atomic mass is 16.5. The Hall–Kier alpha value is -0.810. The Morgan fingerprint density at radius 3 is 2.22 bits per heavy atom. The Morgan fingerprint density at radius 1 is 0.865 bits per heavy atom. The summed E-state index contributed by atoms with van der Waals surface area (Å²) < 4.78 is 11.0. The number of rotatable bonds is 8. The molecule has 2 aliphatic carbocycles. The molecule has 3 saturated heterocycles. The maximum Gasteiger partial charge on any atom is 0.225 e. The molecule has 212 valence electrons. The summed E-state index contributed by atoms with van der Waals surface area (Å²) in [6.45, 7) is 12.0. The van der Waals surface area contributed by atoms with Gasteiger partial charge in [-0.2, -0.15) is 0 Å². The van der Waals surface area contributed by atoms with Crippen LogP contribution in [0.15, 0.2) is 0 Å². The quantitative estimate of drug-likeness (QED) is 0.436. The number of methoxy groups -OCH3 is 1. The van der Waals surface area contributed by atoms with Crippen LogP contribution in [0.4, 0.5) is 0 Å². The van der Waals surface area contributed by atoms with E-state index in [1.165, 1.54) is 32.1 Å². The van der Waals surface area contributed by atoms with E-state index in [4.69, 9.17) is 9.47 Å². The molecular formula is C28H52N6O3. The van der Waals surface area contributed by atoms with Gasteiger partial charge in [-0.1, -0.05) is 6.42 Å². The largest absolute Gasteiger partial charge is 0.381 e. The minimum Gasteiger partial charge on any atom is -0.381 e. The van der Waals surface area contributed by atoms with Gasteiger partial charge in [0.05, 0.1) is 19.3 Å². The van der Waals surface area contributed by atoms with E-state index >= 15 is 0 Å². The molecule has 5 fully saturated rings. The summed E-state index contributed by atoms with van der Waals surface area (Å²) in [6.07, 6.45) is 9.97. The van der Waals surface area contributed by atoms with Crippen molar-refractivity contribution in [3.8, 4) is 0 Å². The summed E-state index contributed by atoms with van der Waals surface area (Å²) in [4.78, 5) is 20.6. The molecule has 0 aromatic heterocycles. The minimum absolute atomic E-state index is 0.167. The number of piperazine rings is 1. The highest BCUT2D eigenvalue weighted by Gasteiger charge is 2.34. The van der Waals surface area contributed by atoms with E-state index < -0.39 is 0 Å². The predicted molar refractivity (Wildman–Crippen MR) is 145 cm³/mol. The van der Waals surface area contributed by atoms with Crippen LogP contribution in [-0.4, -0.2) is 125 Å². The molecule has 2 saturated carbocycles. The van der Waals surface area contributed by atoms with Crippen LogP contribution in [-0.2, 0) is 14.3 Å². The molecule has 2 unspecified atom stereocenters. The van der Waals surface area contributed by atoms with Gasteiger partial charge in [0, 0.05) is 84.5 Å². The number of nitrogens with one attached hydrogen (secondary N) is 3. The first-order valence-corrected chi connectivity index (χ1v) is 15.2. The molecule has 0 spiro atoms. The molecule has 37 heavy (non-hydrogen) atoms. The van der Waals surface area contributed by atoms with E-state index in [1.54, 1.807) is 0 Å². The van der Waals surface area contributed by atoms with Gasteiger partial charge < -0.3 is 14.4 Å². The van der Waals surface area contributed by atoms with Crippen molar-refractivity contribution in [3.63, 3.8) is 0 Å². The number of ether oxygens (including phenoxy) is 2. The second-order valence-electron chi connectivity index (χ2n) is 12.1. The Kier molecular flexibility index (Phi) is 10.5. The first-order chi connectivity index (χ1) is 18.2. The Morgan fingerprint density at radius 2 is 1.54 bits per heavy atom. The topological polar surface area (TPSA) is 81.3 Å². The van der Waals surface area contributed by atoms with Crippen LogP contribution in [0, 0.1) is 17.8 Å². The van der Waals surface area contributed by atoms with Gasteiger partial charge in [0.15, 0.2) is 0 Å². The molecule has 3 heterocycles. The van der Waals surface area contributed by atoms with Crippen molar-refractivity contribution >= 4 is 5.91 Å². The molecule has 5 aliphatic rings. The second kappa shape index (κ2) is 14.0. The number of carbonyl (C=O) groups excluding carboxylic acids is 1. The lowest BCUT2D eigenvalue weighted by atomic mass is 9.78. The van der Waals surface area contributed by atoms with Gasteiger partial charge in [-0.05, 0) is 56.8 Å². The number of amides is 1. The number of carbonyl (C=O) groups is 1. The molecule has 9 heteroatoms. The first kappa shape index (κ1) is 27.7. The van der Waals surface area contributed by atoms with E-state index in [-0.39, 0.29) is 12.2 Å². The summed E-state index contributed by atoms with van der Waals surface area (Å²) in [6, 6.07) is 0.413. The van der Waals surface area contributed by atoms with Gasteiger partial charge in [0.25, 0.3) is 0 Å². The Labute approximate surface area is 224 Å². The third kappa shape index (κ3) is 7.87. The fraction of sp³-hybridized carbons (Fsp3) is 0.964. The smallest absolute Gasteiger partial charge is 0.225 e. The SMILES string of the molecule is COC1CCC(C2CNC(NC3CCCC(C(=O)N4CCN(CCN5CCOCC5)CC4)C3)NC2)CC1. The van der Waals surface area contributed by atoms with Crippen molar-refractivity contribution in [2.24, 2.45) is 17.8 Å². The lowest BCUT2D eigenvalue weighted by Gasteiger charge is -2.41. The predicted octanol–water partition coefficient (Wildman–Crippen LogP) is 0.909. The number of hydrogen-bond donors (Lipinski definition) is 3. The average Bonchev–Trinajstić information content (AvgIpc) is 2.97. The zero-order valence-electron chi connectivity index (χ0n) is 23.2. The van der Waals surface area contributed by atoms with E-state index in [2.05, 4.69) is 30.7 Å². The van der Waals surface area contributed by atoms with Crippen LogP contribution in [0.1, 0.15) is 51.4 Å². The van der Waals surface area contributed by atoms with Crippen LogP contribution in [0.5, 0.6) is 0 Å². The molecule has 2 atom stereocenters. The third-order valence-electron chi connectivity index (χ3n) is 9.83. The summed E-state index contributed by atoms with van der Waals surface area (Å²) in [5, 5.41) is 11.2. The van der Waals surface area contributed by atoms with Crippen molar-refractivity contribution in [2.75, 3.05) is 85.8 Å². The van der Waals surface area contributed by atoms with E-state index in [1.807, 2.05) is 7.11 Å². The van der Waals surface area contributed by atoms with E-state index in [0.29, 0.717) is 24.0 Å². The van der Waals surface area contributed by atoms with Crippen LogP contribution < -0.4 is 16.0 Å². The monoisotopic (exact) mass is 520 g/mol. The molecule has 3 N–H and O–H groups in total. The zero-order chi connectivity index (χ0) is 25.5. The fourth-order valence-electron chi connectivity index (χ4n) is 7.29. The third-order valence-corrected chi connectivity index (χ3v) is 9.83. The minimum atomic E-state index is 0.167. The molecular weight excluding hydrogens is 468 g/mol. The normalized spacial score (nSPS) is 36.9. The first-order valence-electron chi connectivity index (χ1n) is 15.2. The lowest BCUT2D eigenvalue weighted by molar-refractivity contribution is -0.138. The highest BCUT2D eigenvalue weighted by molar-refractivity contribution is 5.79. The summed E-state index contributed by atoms with van der Waals surface area (Å²) >= 11 is 0. The number of nitrogens with zero attached hydrogens (tertiary/aromatic N) is 3. The van der Waals surface area contributed by atoms with Crippen molar-refractivity contribution in [1.82, 2.24) is 30.7 Å². The maximum atomic E-state index is 13.4. The Balaban J connectivity index is 0.986. The molecule has 0 radical (unpaired) electrons. The van der Waals surface area contributed by atoms with Crippen LogP contribution in [0.2, 0.25) is 0 Å². The molecule has 0 aromatic rings. The summed E-state index contributed by atoms with van der Waals surface area (Å²) in [5.74, 6) is 2.10. The maximum absolute atomic E-state index is 13.4. The molecule has 1 amide bonds. The average molecular weight is 521 g/mol. The number of morpholine rings is 1. The lowest BCUT2D eigenvalue weighted by Crippen LogP contribution is -2.63. The van der Waals surface area contributed by atoms with Gasteiger partial charge in [-0.25, -0.2) is 0 Å².